The molecule has 5 heteroatoms. The summed E-state index contributed by atoms with van der Waals surface area (Å²) in [6.45, 7) is 0. The van der Waals surface area contributed by atoms with E-state index >= 15 is 0 Å². The Hall–Kier alpha value is -1.52. The minimum atomic E-state index is -1.30. The average Bonchev–Trinajstić information content (AvgIpc) is 2.32. The van der Waals surface area contributed by atoms with Gasteiger partial charge in [-0.25, -0.2) is 4.39 Å². The van der Waals surface area contributed by atoms with Crippen LogP contribution in [0.5, 0.6) is 5.75 Å². The normalized spacial score (nSPS) is 12.4. The van der Waals surface area contributed by atoms with Gasteiger partial charge in [0.05, 0.1) is 0 Å². The number of aliphatic hydroxyl groups excluding tert-OH is 1. The van der Waals surface area contributed by atoms with Gasteiger partial charge in [-0.05, 0) is 12.1 Å². The first-order valence-electron chi connectivity index (χ1n) is 5.21. The molecule has 0 saturated heterocycles. The Labute approximate surface area is 110 Å². The highest BCUT2D eigenvalue weighted by atomic mass is 35.5. The predicted molar refractivity (Wildman–Crippen MR) is 69.0 cm³/mol. The molecule has 0 aromatic heterocycles. The quantitative estimate of drug-likeness (QED) is 0.813. The minimum absolute atomic E-state index is 0.0281. The van der Waals surface area contributed by atoms with Crippen LogP contribution >= 0.6 is 11.6 Å². The minimum Gasteiger partial charge on any atom is -0.508 e. The first kappa shape index (κ1) is 12.9. The molecule has 2 aromatic carbocycles. The van der Waals surface area contributed by atoms with E-state index in [1.54, 1.807) is 6.07 Å². The molecule has 2 nitrogen and oxygen atoms in total. The van der Waals surface area contributed by atoms with Crippen molar-refractivity contribution in [1.29, 1.82) is 0 Å². The van der Waals surface area contributed by atoms with Crippen LogP contribution in [0.25, 0.3) is 0 Å². The van der Waals surface area contributed by atoms with Gasteiger partial charge in [0.15, 0.2) is 0 Å². The number of benzene rings is 2. The number of halogens is 2. The molecule has 2 N–H and O–H groups in total. The number of aliphatic hydroxyl groups is 1. The summed E-state index contributed by atoms with van der Waals surface area (Å²) < 4.78 is 13.7. The molecule has 90 valence electrons. The number of phenols is 1. The maximum absolute atomic E-state index is 13.7. The Morgan fingerprint density at radius 3 is 2.56 bits per heavy atom. The SMILES string of the molecule is [B]c1cccc(C(O)c2ccc(Cl)cc2F)c1O. The second kappa shape index (κ2) is 5.00. The van der Waals surface area contributed by atoms with Crippen molar-refractivity contribution in [3.05, 3.63) is 58.4 Å². The van der Waals surface area contributed by atoms with Crippen LogP contribution in [0.1, 0.15) is 17.2 Å². The van der Waals surface area contributed by atoms with Crippen LogP contribution in [0, 0.1) is 5.82 Å². The second-order valence-electron chi connectivity index (χ2n) is 3.85. The molecule has 0 aliphatic heterocycles. The van der Waals surface area contributed by atoms with Crippen LogP contribution in [-0.4, -0.2) is 18.1 Å². The Kier molecular flexibility index (Phi) is 3.59. The summed E-state index contributed by atoms with van der Waals surface area (Å²) in [5.41, 5.74) is 0.303. The average molecular weight is 262 g/mol. The van der Waals surface area contributed by atoms with Gasteiger partial charge in [-0.3, -0.25) is 0 Å². The molecule has 0 aliphatic carbocycles. The van der Waals surface area contributed by atoms with Gasteiger partial charge >= 0.3 is 0 Å². The fraction of sp³-hybridized carbons (Fsp3) is 0.0769. The molecule has 2 radical (unpaired) electrons. The highest BCUT2D eigenvalue weighted by molar-refractivity contribution is 6.34. The lowest BCUT2D eigenvalue weighted by Crippen LogP contribution is -2.09. The van der Waals surface area contributed by atoms with Gasteiger partial charge in [-0.2, -0.15) is 0 Å². The molecule has 1 atom stereocenters. The van der Waals surface area contributed by atoms with Crippen LogP contribution in [0.3, 0.4) is 0 Å². The van der Waals surface area contributed by atoms with E-state index in [9.17, 15) is 14.6 Å². The second-order valence-corrected chi connectivity index (χ2v) is 4.29. The molecule has 0 aliphatic rings. The summed E-state index contributed by atoms with van der Waals surface area (Å²) >= 11 is 5.63. The van der Waals surface area contributed by atoms with Gasteiger partial charge in [0, 0.05) is 16.1 Å². The summed E-state index contributed by atoms with van der Waals surface area (Å²) in [5, 5.41) is 20.0. The smallest absolute Gasteiger partial charge is 0.130 e. The van der Waals surface area contributed by atoms with Gasteiger partial charge < -0.3 is 10.2 Å². The zero-order valence-corrected chi connectivity index (χ0v) is 10.0. The first-order valence-corrected chi connectivity index (χ1v) is 5.59. The molecule has 18 heavy (non-hydrogen) atoms. The van der Waals surface area contributed by atoms with Gasteiger partial charge in [0.2, 0.25) is 0 Å². The molecule has 0 bridgehead atoms. The zero-order chi connectivity index (χ0) is 13.3. The molecule has 1 unspecified atom stereocenters. The molecule has 0 amide bonds. The molecule has 0 saturated carbocycles. The standard InChI is InChI=1S/C13H9BClFO2/c14-10-3-1-2-9(13(10)18)12(17)8-5-4-7(15)6-11(8)16/h1-6,12,17-18H. The van der Waals surface area contributed by atoms with E-state index in [1.807, 2.05) is 0 Å². The van der Waals surface area contributed by atoms with Crippen LogP contribution in [0.15, 0.2) is 36.4 Å². The van der Waals surface area contributed by atoms with Crippen molar-refractivity contribution in [1.82, 2.24) is 0 Å². The van der Waals surface area contributed by atoms with Gasteiger partial charge in [0.25, 0.3) is 0 Å². The third-order valence-corrected chi connectivity index (χ3v) is 2.89. The largest absolute Gasteiger partial charge is 0.508 e. The maximum atomic E-state index is 13.7. The van der Waals surface area contributed by atoms with E-state index in [1.165, 1.54) is 24.3 Å². The number of hydrogen-bond acceptors (Lipinski definition) is 2. The van der Waals surface area contributed by atoms with Crippen molar-refractivity contribution in [2.45, 2.75) is 6.10 Å². The van der Waals surface area contributed by atoms with Crippen molar-refractivity contribution in [3.8, 4) is 5.75 Å². The number of para-hydroxylation sites is 1. The van der Waals surface area contributed by atoms with E-state index in [2.05, 4.69) is 0 Å². The van der Waals surface area contributed by atoms with Crippen molar-refractivity contribution < 1.29 is 14.6 Å². The Morgan fingerprint density at radius 1 is 1.17 bits per heavy atom. The molecule has 2 aromatic rings. The summed E-state index contributed by atoms with van der Waals surface area (Å²) in [7, 11) is 5.52. The van der Waals surface area contributed by atoms with Crippen LogP contribution in [-0.2, 0) is 0 Å². The highest BCUT2D eigenvalue weighted by Gasteiger charge is 2.18. The monoisotopic (exact) mass is 262 g/mol. The van der Waals surface area contributed by atoms with Crippen molar-refractivity contribution >= 4 is 24.9 Å². The van der Waals surface area contributed by atoms with Crippen molar-refractivity contribution in [3.63, 3.8) is 0 Å². The van der Waals surface area contributed by atoms with E-state index in [-0.39, 0.29) is 27.4 Å². The third-order valence-electron chi connectivity index (χ3n) is 2.65. The van der Waals surface area contributed by atoms with Crippen LogP contribution < -0.4 is 5.46 Å². The molecule has 0 fully saturated rings. The Balaban J connectivity index is 2.48. The maximum Gasteiger partial charge on any atom is 0.130 e. The first-order chi connectivity index (χ1) is 8.50. The molecular weight excluding hydrogens is 253 g/mol. The number of aromatic hydroxyl groups is 1. The van der Waals surface area contributed by atoms with Gasteiger partial charge in [-0.1, -0.05) is 41.3 Å². The van der Waals surface area contributed by atoms with Gasteiger partial charge in [0.1, 0.15) is 25.5 Å². The van der Waals surface area contributed by atoms with E-state index in [4.69, 9.17) is 19.4 Å². The molecule has 2 rings (SSSR count). The Bertz CT molecular complexity index is 589. The number of rotatable bonds is 2. The van der Waals surface area contributed by atoms with Gasteiger partial charge in [-0.15, -0.1) is 0 Å². The lowest BCUT2D eigenvalue weighted by molar-refractivity contribution is 0.210. The van der Waals surface area contributed by atoms with E-state index < -0.39 is 11.9 Å². The molecule has 0 spiro atoms. The summed E-state index contributed by atoms with van der Waals surface area (Å²) in [4.78, 5) is 0. The Morgan fingerprint density at radius 2 is 1.89 bits per heavy atom. The molecular formula is C13H9BClFO2. The fourth-order valence-electron chi connectivity index (χ4n) is 1.69. The third kappa shape index (κ3) is 2.35. The summed E-state index contributed by atoms with van der Waals surface area (Å²) in [5.74, 6) is -0.892. The topological polar surface area (TPSA) is 40.5 Å². The lowest BCUT2D eigenvalue weighted by Gasteiger charge is -2.15. The van der Waals surface area contributed by atoms with E-state index in [0.29, 0.717) is 0 Å². The lowest BCUT2D eigenvalue weighted by atomic mass is 9.90. The number of hydrogen-bond donors (Lipinski definition) is 2. The number of phenolic OH excluding ortho intramolecular Hbond substituents is 1. The predicted octanol–water partition coefficient (Wildman–Crippen LogP) is 2.06. The summed E-state index contributed by atoms with van der Waals surface area (Å²) in [6, 6.07) is 8.47. The van der Waals surface area contributed by atoms with Crippen LogP contribution in [0.2, 0.25) is 5.02 Å². The zero-order valence-electron chi connectivity index (χ0n) is 9.27. The van der Waals surface area contributed by atoms with Crippen molar-refractivity contribution in [2.24, 2.45) is 0 Å². The summed E-state index contributed by atoms with van der Waals surface area (Å²) in [6.07, 6.45) is -1.30. The van der Waals surface area contributed by atoms with Crippen molar-refractivity contribution in [2.75, 3.05) is 0 Å². The highest BCUT2D eigenvalue weighted by Crippen LogP contribution is 2.30. The van der Waals surface area contributed by atoms with E-state index in [0.717, 1.165) is 6.07 Å². The fourth-order valence-corrected chi connectivity index (χ4v) is 1.85. The molecule has 0 heterocycles. The van der Waals surface area contributed by atoms with Crippen LogP contribution in [0.4, 0.5) is 4.39 Å².